The molecule has 1 N–H and O–H groups in total. The fraction of sp³-hybridized carbons (Fsp3) is 0.435. The van der Waals surface area contributed by atoms with Crippen molar-refractivity contribution in [3.63, 3.8) is 0 Å². The number of carbonyl (C=O) groups excluding carboxylic acids is 1. The van der Waals surface area contributed by atoms with E-state index in [0.717, 1.165) is 23.4 Å². The number of benzene rings is 2. The molecule has 0 bridgehead atoms. The van der Waals surface area contributed by atoms with Gasteiger partial charge in [0.25, 0.3) is 0 Å². The zero-order valence-electron chi connectivity index (χ0n) is 18.1. The number of halogens is 1. The molecule has 0 radical (unpaired) electrons. The Kier molecular flexibility index (Phi) is 7.33. The minimum Gasteiger partial charge on any atom is -0.491 e. The van der Waals surface area contributed by atoms with Crippen LogP contribution in [-0.4, -0.2) is 44.4 Å². The molecule has 168 valence electrons. The van der Waals surface area contributed by atoms with Crippen molar-refractivity contribution in [3.05, 3.63) is 59.4 Å². The second-order valence-electron chi connectivity index (χ2n) is 8.10. The maximum atomic E-state index is 13.1. The van der Waals surface area contributed by atoms with Crippen LogP contribution in [0.25, 0.3) is 0 Å². The van der Waals surface area contributed by atoms with Crippen molar-refractivity contribution in [1.29, 1.82) is 0 Å². The van der Waals surface area contributed by atoms with E-state index in [2.05, 4.69) is 5.32 Å². The molecular formula is C23H29FN2O4S. The Morgan fingerprint density at radius 3 is 2.39 bits per heavy atom. The van der Waals surface area contributed by atoms with Crippen LogP contribution in [0.5, 0.6) is 5.75 Å². The number of sulfonamides is 1. The fourth-order valence-corrected chi connectivity index (χ4v) is 5.01. The van der Waals surface area contributed by atoms with Gasteiger partial charge in [-0.3, -0.25) is 4.79 Å². The van der Waals surface area contributed by atoms with Crippen molar-refractivity contribution in [2.24, 2.45) is 5.92 Å². The summed E-state index contributed by atoms with van der Waals surface area (Å²) in [5.41, 5.74) is 2.35. The SMILES string of the molecule is Cc1ccc(OC[C@H](C)NC(=O)C2CCN(S(=O)(=O)c3ccc(F)cc3)CC2)cc1C. The lowest BCUT2D eigenvalue weighted by molar-refractivity contribution is -0.126. The molecular weight excluding hydrogens is 419 g/mol. The van der Waals surface area contributed by atoms with E-state index in [4.69, 9.17) is 4.74 Å². The standard InChI is InChI=1S/C23H29FN2O4S/c1-16-4-7-21(14-17(16)2)30-15-18(3)25-23(27)19-10-12-26(13-11-19)31(28,29)22-8-5-20(24)6-9-22/h4-9,14,18-19H,10-13,15H2,1-3H3,(H,25,27)/t18-/m0/s1. The number of nitrogens with zero attached hydrogens (tertiary/aromatic N) is 1. The van der Waals surface area contributed by atoms with Crippen LogP contribution in [0.3, 0.4) is 0 Å². The largest absolute Gasteiger partial charge is 0.491 e. The summed E-state index contributed by atoms with van der Waals surface area (Å²) in [6, 6.07) is 10.5. The minimum atomic E-state index is -3.68. The van der Waals surface area contributed by atoms with Crippen LogP contribution >= 0.6 is 0 Å². The molecule has 0 spiro atoms. The van der Waals surface area contributed by atoms with Crippen LogP contribution in [-0.2, 0) is 14.8 Å². The molecule has 0 aliphatic carbocycles. The maximum absolute atomic E-state index is 13.1. The number of aryl methyl sites for hydroxylation is 2. The quantitative estimate of drug-likeness (QED) is 0.704. The van der Waals surface area contributed by atoms with Gasteiger partial charge < -0.3 is 10.1 Å². The first kappa shape index (κ1) is 23.2. The van der Waals surface area contributed by atoms with Crippen molar-refractivity contribution in [3.8, 4) is 5.75 Å². The van der Waals surface area contributed by atoms with Gasteiger partial charge in [-0.05, 0) is 81.1 Å². The lowest BCUT2D eigenvalue weighted by atomic mass is 9.97. The van der Waals surface area contributed by atoms with Gasteiger partial charge in [-0.1, -0.05) is 6.07 Å². The van der Waals surface area contributed by atoms with E-state index in [1.54, 1.807) is 0 Å². The fourth-order valence-electron chi connectivity index (χ4n) is 3.54. The molecule has 6 nitrogen and oxygen atoms in total. The van der Waals surface area contributed by atoms with Crippen molar-refractivity contribution in [2.45, 2.75) is 44.6 Å². The monoisotopic (exact) mass is 448 g/mol. The second kappa shape index (κ2) is 9.78. The molecule has 1 fully saturated rings. The summed E-state index contributed by atoms with van der Waals surface area (Å²) < 4.78 is 45.6. The highest BCUT2D eigenvalue weighted by Crippen LogP contribution is 2.24. The normalized spacial score (nSPS) is 16.6. The zero-order chi connectivity index (χ0) is 22.6. The summed E-state index contributed by atoms with van der Waals surface area (Å²) in [5, 5.41) is 2.96. The third-order valence-electron chi connectivity index (χ3n) is 5.64. The third-order valence-corrected chi connectivity index (χ3v) is 7.56. The minimum absolute atomic E-state index is 0.0638. The highest BCUT2D eigenvalue weighted by molar-refractivity contribution is 7.89. The van der Waals surface area contributed by atoms with Crippen molar-refractivity contribution >= 4 is 15.9 Å². The number of hydrogen-bond acceptors (Lipinski definition) is 4. The highest BCUT2D eigenvalue weighted by Gasteiger charge is 2.32. The van der Waals surface area contributed by atoms with Gasteiger partial charge in [0.15, 0.2) is 0 Å². The molecule has 1 saturated heterocycles. The van der Waals surface area contributed by atoms with Crippen LogP contribution < -0.4 is 10.1 Å². The molecule has 1 heterocycles. The molecule has 1 atom stereocenters. The molecule has 2 aromatic carbocycles. The first-order chi connectivity index (χ1) is 14.7. The number of piperidine rings is 1. The van der Waals surface area contributed by atoms with E-state index < -0.39 is 15.8 Å². The van der Waals surface area contributed by atoms with E-state index in [1.165, 1.54) is 22.0 Å². The highest BCUT2D eigenvalue weighted by atomic mass is 32.2. The maximum Gasteiger partial charge on any atom is 0.243 e. The Hall–Kier alpha value is -2.45. The van der Waals surface area contributed by atoms with E-state index in [1.807, 2.05) is 39.0 Å². The topological polar surface area (TPSA) is 75.7 Å². The number of rotatable bonds is 7. The Morgan fingerprint density at radius 2 is 1.77 bits per heavy atom. The predicted octanol–water partition coefficient (Wildman–Crippen LogP) is 3.43. The summed E-state index contributed by atoms with van der Waals surface area (Å²) in [7, 11) is -3.68. The van der Waals surface area contributed by atoms with Crippen LogP contribution in [0.1, 0.15) is 30.9 Å². The van der Waals surface area contributed by atoms with Gasteiger partial charge in [-0.15, -0.1) is 0 Å². The summed E-state index contributed by atoms with van der Waals surface area (Å²) in [5.74, 6) is -0.0489. The van der Waals surface area contributed by atoms with Crippen LogP contribution in [0, 0.1) is 25.6 Å². The molecule has 0 aromatic heterocycles. The Morgan fingerprint density at radius 1 is 1.13 bits per heavy atom. The molecule has 31 heavy (non-hydrogen) atoms. The molecule has 0 unspecified atom stereocenters. The average molecular weight is 449 g/mol. The molecule has 3 rings (SSSR count). The van der Waals surface area contributed by atoms with Crippen LogP contribution in [0.2, 0.25) is 0 Å². The van der Waals surface area contributed by atoms with Gasteiger partial charge in [0, 0.05) is 19.0 Å². The number of hydrogen-bond donors (Lipinski definition) is 1. The van der Waals surface area contributed by atoms with Crippen molar-refractivity contribution in [1.82, 2.24) is 9.62 Å². The van der Waals surface area contributed by atoms with E-state index >= 15 is 0 Å². The first-order valence-electron chi connectivity index (χ1n) is 10.4. The number of nitrogens with one attached hydrogen (secondary N) is 1. The molecule has 0 saturated carbocycles. The van der Waals surface area contributed by atoms with E-state index in [9.17, 15) is 17.6 Å². The Bertz CT molecular complexity index is 1020. The molecule has 1 aliphatic rings. The van der Waals surface area contributed by atoms with E-state index in [-0.39, 0.29) is 35.9 Å². The molecule has 2 aromatic rings. The number of ether oxygens (including phenoxy) is 1. The van der Waals surface area contributed by atoms with E-state index in [0.29, 0.717) is 19.4 Å². The summed E-state index contributed by atoms with van der Waals surface area (Å²) in [6.45, 7) is 6.81. The molecule has 8 heteroatoms. The van der Waals surface area contributed by atoms with Gasteiger partial charge in [-0.2, -0.15) is 4.31 Å². The van der Waals surface area contributed by atoms with Crippen LogP contribution in [0.15, 0.2) is 47.4 Å². The lowest BCUT2D eigenvalue weighted by Gasteiger charge is -2.31. The number of carbonyl (C=O) groups is 1. The average Bonchev–Trinajstić information content (AvgIpc) is 2.75. The van der Waals surface area contributed by atoms with Gasteiger partial charge in [0.1, 0.15) is 18.2 Å². The smallest absolute Gasteiger partial charge is 0.243 e. The van der Waals surface area contributed by atoms with Gasteiger partial charge in [-0.25, -0.2) is 12.8 Å². The van der Waals surface area contributed by atoms with Gasteiger partial charge in [0.2, 0.25) is 15.9 Å². The van der Waals surface area contributed by atoms with Crippen LogP contribution in [0.4, 0.5) is 4.39 Å². The Labute approximate surface area is 183 Å². The molecule has 1 amide bonds. The van der Waals surface area contributed by atoms with Gasteiger partial charge in [0.05, 0.1) is 10.9 Å². The summed E-state index contributed by atoms with van der Waals surface area (Å²) in [4.78, 5) is 12.7. The Balaban J connectivity index is 1.48. The second-order valence-corrected chi connectivity index (χ2v) is 10.0. The van der Waals surface area contributed by atoms with Crippen molar-refractivity contribution < 1.29 is 22.3 Å². The lowest BCUT2D eigenvalue weighted by Crippen LogP contribution is -2.45. The zero-order valence-corrected chi connectivity index (χ0v) is 18.9. The third kappa shape index (κ3) is 5.83. The molecule has 1 aliphatic heterocycles. The van der Waals surface area contributed by atoms with Crippen molar-refractivity contribution in [2.75, 3.05) is 19.7 Å². The summed E-state index contributed by atoms with van der Waals surface area (Å²) >= 11 is 0. The summed E-state index contributed by atoms with van der Waals surface area (Å²) in [6.07, 6.45) is 0.883. The predicted molar refractivity (Wildman–Crippen MR) is 117 cm³/mol. The van der Waals surface area contributed by atoms with Gasteiger partial charge >= 0.3 is 0 Å². The first-order valence-corrected chi connectivity index (χ1v) is 11.9. The number of amides is 1.